The maximum absolute atomic E-state index is 6.00. The summed E-state index contributed by atoms with van der Waals surface area (Å²) < 4.78 is 5.70. The van der Waals surface area contributed by atoms with Crippen LogP contribution >= 0.6 is 0 Å². The molecule has 2 rings (SSSR count). The highest BCUT2D eigenvalue weighted by Gasteiger charge is 2.08. The molecule has 0 aliphatic carbocycles. The molecule has 0 bridgehead atoms. The molecule has 0 atom stereocenters. The van der Waals surface area contributed by atoms with Gasteiger partial charge >= 0.3 is 0 Å². The Labute approximate surface area is 127 Å². The van der Waals surface area contributed by atoms with Crippen molar-refractivity contribution < 1.29 is 4.74 Å². The lowest BCUT2D eigenvalue weighted by Crippen LogP contribution is -2.10. The van der Waals surface area contributed by atoms with E-state index in [9.17, 15) is 0 Å². The summed E-state index contributed by atoms with van der Waals surface area (Å²) in [6.07, 6.45) is 0.983. The summed E-state index contributed by atoms with van der Waals surface area (Å²) in [7, 11) is 2.05. The minimum Gasteiger partial charge on any atom is -0.493 e. The number of benzene rings is 2. The Bertz CT molecular complexity index is 602. The average Bonchev–Trinajstić information content (AvgIpc) is 2.42. The third kappa shape index (κ3) is 3.91. The molecule has 0 radical (unpaired) electrons. The quantitative estimate of drug-likeness (QED) is 0.825. The molecule has 0 aliphatic heterocycles. The van der Waals surface area contributed by atoms with Crippen molar-refractivity contribution in [3.05, 3.63) is 47.5 Å². The van der Waals surface area contributed by atoms with Gasteiger partial charge in [0, 0.05) is 36.2 Å². The molecule has 0 aliphatic rings. The number of anilines is 3. The van der Waals surface area contributed by atoms with Gasteiger partial charge in [-0.2, -0.15) is 0 Å². The van der Waals surface area contributed by atoms with Gasteiger partial charge in [0.1, 0.15) is 5.75 Å². The van der Waals surface area contributed by atoms with Crippen LogP contribution in [0.3, 0.4) is 0 Å². The molecule has 0 spiro atoms. The smallest absolute Gasteiger partial charge is 0.123 e. The maximum atomic E-state index is 6.00. The predicted octanol–water partition coefficient (Wildman–Crippen LogP) is 4.44. The van der Waals surface area contributed by atoms with Crippen LogP contribution in [0, 0.1) is 13.8 Å². The molecule has 21 heavy (non-hydrogen) atoms. The van der Waals surface area contributed by atoms with Crippen molar-refractivity contribution in [3.8, 4) is 5.75 Å². The second kappa shape index (κ2) is 6.53. The summed E-state index contributed by atoms with van der Waals surface area (Å²) in [5, 5.41) is 0. The van der Waals surface area contributed by atoms with E-state index in [4.69, 9.17) is 10.5 Å². The van der Waals surface area contributed by atoms with Crippen LogP contribution < -0.4 is 15.4 Å². The van der Waals surface area contributed by atoms with E-state index in [1.54, 1.807) is 0 Å². The Kier molecular flexibility index (Phi) is 4.73. The summed E-state index contributed by atoms with van der Waals surface area (Å²) in [5.74, 6) is 0.822. The van der Waals surface area contributed by atoms with E-state index in [2.05, 4.69) is 43.9 Å². The fourth-order valence-corrected chi connectivity index (χ4v) is 2.40. The molecule has 2 aromatic rings. The maximum Gasteiger partial charge on any atom is 0.123 e. The zero-order chi connectivity index (χ0) is 15.4. The van der Waals surface area contributed by atoms with E-state index in [0.717, 1.165) is 29.2 Å². The van der Waals surface area contributed by atoms with Gasteiger partial charge in [0.2, 0.25) is 0 Å². The third-order valence-corrected chi connectivity index (χ3v) is 3.37. The molecular formula is C18H24N2O. The number of hydrogen-bond donors (Lipinski definition) is 1. The summed E-state index contributed by atoms with van der Waals surface area (Å²) in [6, 6.07) is 12.4. The molecule has 0 amide bonds. The van der Waals surface area contributed by atoms with Crippen molar-refractivity contribution >= 4 is 17.1 Å². The van der Waals surface area contributed by atoms with Gasteiger partial charge in [0.25, 0.3) is 0 Å². The molecule has 2 N–H and O–H groups in total. The Morgan fingerprint density at radius 3 is 2.19 bits per heavy atom. The monoisotopic (exact) mass is 284 g/mol. The van der Waals surface area contributed by atoms with Crippen molar-refractivity contribution in [3.63, 3.8) is 0 Å². The van der Waals surface area contributed by atoms with E-state index in [0.29, 0.717) is 6.61 Å². The highest BCUT2D eigenvalue weighted by Crippen LogP contribution is 2.30. The summed E-state index contributed by atoms with van der Waals surface area (Å²) in [6.45, 7) is 7.02. The Balaban J connectivity index is 2.33. The lowest BCUT2D eigenvalue weighted by Gasteiger charge is -2.22. The summed E-state index contributed by atoms with van der Waals surface area (Å²) >= 11 is 0. The van der Waals surface area contributed by atoms with Crippen LogP contribution in [0.15, 0.2) is 36.4 Å². The molecule has 3 nitrogen and oxygen atoms in total. The number of hydrogen-bond acceptors (Lipinski definition) is 3. The fraction of sp³-hybridized carbons (Fsp3) is 0.333. The van der Waals surface area contributed by atoms with Crippen LogP contribution in [0.5, 0.6) is 5.75 Å². The van der Waals surface area contributed by atoms with E-state index in [1.807, 2.05) is 25.2 Å². The van der Waals surface area contributed by atoms with Gasteiger partial charge in [-0.3, -0.25) is 0 Å². The van der Waals surface area contributed by atoms with E-state index in [-0.39, 0.29) is 0 Å². The van der Waals surface area contributed by atoms with Crippen molar-refractivity contribution in [1.82, 2.24) is 0 Å². The first kappa shape index (κ1) is 15.2. The van der Waals surface area contributed by atoms with Crippen LogP contribution in [-0.2, 0) is 0 Å². The number of rotatable bonds is 5. The summed E-state index contributed by atoms with van der Waals surface area (Å²) in [5.41, 5.74) is 11.4. The van der Waals surface area contributed by atoms with Crippen molar-refractivity contribution in [2.45, 2.75) is 27.2 Å². The molecule has 0 saturated heterocycles. The standard InChI is InChI=1S/C18H24N2O/c1-5-6-21-18-11-15(19)10-17(12-18)20(4)16-8-13(2)7-14(3)9-16/h7-12H,5-6,19H2,1-4H3. The first-order chi connectivity index (χ1) is 9.99. The van der Waals surface area contributed by atoms with Gasteiger partial charge in [-0.25, -0.2) is 0 Å². The Hall–Kier alpha value is -2.16. The highest BCUT2D eigenvalue weighted by atomic mass is 16.5. The van der Waals surface area contributed by atoms with Crippen LogP contribution in [0.1, 0.15) is 24.5 Å². The lowest BCUT2D eigenvalue weighted by atomic mass is 10.1. The van der Waals surface area contributed by atoms with Crippen molar-refractivity contribution in [2.75, 3.05) is 24.3 Å². The van der Waals surface area contributed by atoms with Gasteiger partial charge < -0.3 is 15.4 Å². The number of nitrogen functional groups attached to an aromatic ring is 1. The van der Waals surface area contributed by atoms with E-state index < -0.39 is 0 Å². The fourth-order valence-electron chi connectivity index (χ4n) is 2.40. The zero-order valence-corrected chi connectivity index (χ0v) is 13.3. The molecule has 112 valence electrons. The molecule has 0 aromatic heterocycles. The van der Waals surface area contributed by atoms with Crippen LogP contribution in [0.25, 0.3) is 0 Å². The number of aryl methyl sites for hydroxylation is 2. The van der Waals surface area contributed by atoms with Crippen LogP contribution in [0.4, 0.5) is 17.1 Å². The zero-order valence-electron chi connectivity index (χ0n) is 13.3. The first-order valence-electron chi connectivity index (χ1n) is 7.35. The van der Waals surface area contributed by atoms with Crippen LogP contribution in [-0.4, -0.2) is 13.7 Å². The second-order valence-corrected chi connectivity index (χ2v) is 5.51. The van der Waals surface area contributed by atoms with E-state index in [1.165, 1.54) is 11.1 Å². The van der Waals surface area contributed by atoms with Crippen LogP contribution in [0.2, 0.25) is 0 Å². The summed E-state index contributed by atoms with van der Waals surface area (Å²) in [4.78, 5) is 2.13. The highest BCUT2D eigenvalue weighted by molar-refractivity contribution is 5.69. The van der Waals surface area contributed by atoms with Crippen molar-refractivity contribution in [2.24, 2.45) is 0 Å². The molecule has 0 unspecified atom stereocenters. The van der Waals surface area contributed by atoms with E-state index >= 15 is 0 Å². The lowest BCUT2D eigenvalue weighted by molar-refractivity contribution is 0.317. The SMILES string of the molecule is CCCOc1cc(N)cc(N(C)c2cc(C)cc(C)c2)c1. The van der Waals surface area contributed by atoms with Crippen molar-refractivity contribution in [1.29, 1.82) is 0 Å². The molecule has 2 aromatic carbocycles. The largest absolute Gasteiger partial charge is 0.493 e. The third-order valence-electron chi connectivity index (χ3n) is 3.37. The number of nitrogens with two attached hydrogens (primary N) is 1. The minimum atomic E-state index is 0.705. The second-order valence-electron chi connectivity index (χ2n) is 5.51. The van der Waals surface area contributed by atoms with Gasteiger partial charge in [0.15, 0.2) is 0 Å². The normalized spacial score (nSPS) is 10.5. The Morgan fingerprint density at radius 2 is 1.57 bits per heavy atom. The molecule has 3 heteroatoms. The first-order valence-corrected chi connectivity index (χ1v) is 7.35. The minimum absolute atomic E-state index is 0.705. The van der Waals surface area contributed by atoms with Gasteiger partial charge in [-0.1, -0.05) is 13.0 Å². The molecule has 0 saturated carbocycles. The van der Waals surface area contributed by atoms with Gasteiger partial charge in [-0.05, 0) is 49.6 Å². The predicted molar refractivity (Wildman–Crippen MR) is 90.6 cm³/mol. The van der Waals surface area contributed by atoms with Gasteiger partial charge in [-0.15, -0.1) is 0 Å². The Morgan fingerprint density at radius 1 is 0.952 bits per heavy atom. The molecule has 0 fully saturated rings. The molecular weight excluding hydrogens is 260 g/mol. The topological polar surface area (TPSA) is 38.5 Å². The number of ether oxygens (including phenoxy) is 1. The molecule has 0 heterocycles. The average molecular weight is 284 g/mol. The number of nitrogens with zero attached hydrogens (tertiary/aromatic N) is 1. The van der Waals surface area contributed by atoms with Gasteiger partial charge in [0.05, 0.1) is 6.61 Å².